The number of ether oxygens (including phenoxy) is 1. The van der Waals surface area contributed by atoms with Crippen LogP contribution in [0.2, 0.25) is 0 Å². The molecule has 1 rings (SSSR count). The monoisotopic (exact) mass is 279 g/mol. The number of carbonyl (C=O) groups excluding carboxylic acids is 3. The van der Waals surface area contributed by atoms with Crippen molar-refractivity contribution in [1.82, 2.24) is 10.6 Å². The molecule has 4 N–H and O–H groups in total. The first-order valence-electron chi connectivity index (χ1n) is 5.99. The van der Waals surface area contributed by atoms with Crippen LogP contribution < -0.4 is 16.4 Å². The van der Waals surface area contributed by atoms with E-state index in [9.17, 15) is 14.4 Å². The lowest BCUT2D eigenvalue weighted by atomic mass is 10.1. The van der Waals surface area contributed by atoms with Crippen LogP contribution in [0.3, 0.4) is 0 Å². The van der Waals surface area contributed by atoms with Gasteiger partial charge in [-0.25, -0.2) is 4.79 Å². The fourth-order valence-electron chi connectivity index (χ4n) is 1.44. The molecular formula is C13H17N3O4. The first kappa shape index (κ1) is 15.5. The van der Waals surface area contributed by atoms with Crippen LogP contribution in [-0.4, -0.2) is 31.1 Å². The average molecular weight is 279 g/mol. The Labute approximate surface area is 116 Å². The van der Waals surface area contributed by atoms with E-state index in [1.165, 1.54) is 14.0 Å². The molecule has 1 aromatic carbocycles. The molecule has 1 aromatic rings. The van der Waals surface area contributed by atoms with Crippen molar-refractivity contribution in [3.63, 3.8) is 0 Å². The molecule has 0 aromatic heterocycles. The average Bonchev–Trinajstić information content (AvgIpc) is 2.38. The Bertz CT molecular complexity index is 516. The zero-order valence-electron chi connectivity index (χ0n) is 11.3. The van der Waals surface area contributed by atoms with Crippen molar-refractivity contribution in [3.8, 4) is 0 Å². The van der Waals surface area contributed by atoms with E-state index >= 15 is 0 Å². The molecule has 1 atom stereocenters. The third-order valence-corrected chi connectivity index (χ3v) is 2.44. The van der Waals surface area contributed by atoms with Crippen molar-refractivity contribution in [2.45, 2.75) is 19.4 Å². The number of hydrogen-bond acceptors (Lipinski definition) is 5. The van der Waals surface area contributed by atoms with Gasteiger partial charge in [-0.3, -0.25) is 14.9 Å². The van der Waals surface area contributed by atoms with Crippen molar-refractivity contribution >= 4 is 23.6 Å². The van der Waals surface area contributed by atoms with Crippen LogP contribution in [0.15, 0.2) is 24.3 Å². The van der Waals surface area contributed by atoms with Gasteiger partial charge in [-0.15, -0.1) is 0 Å². The minimum atomic E-state index is -1.05. The number of esters is 1. The minimum Gasteiger partial charge on any atom is -0.452 e. The van der Waals surface area contributed by atoms with Crippen molar-refractivity contribution < 1.29 is 19.1 Å². The summed E-state index contributed by atoms with van der Waals surface area (Å²) in [5.41, 5.74) is 6.82. The second-order valence-corrected chi connectivity index (χ2v) is 4.12. The Hall–Kier alpha value is -2.57. The van der Waals surface area contributed by atoms with E-state index in [4.69, 9.17) is 10.5 Å². The molecule has 0 radical (unpaired) electrons. The number of urea groups is 1. The molecule has 1 unspecified atom stereocenters. The summed E-state index contributed by atoms with van der Waals surface area (Å²) in [7, 11) is 1.37. The number of nitrogen functional groups attached to an aromatic ring is 1. The zero-order valence-corrected chi connectivity index (χ0v) is 11.3. The van der Waals surface area contributed by atoms with Crippen molar-refractivity contribution in [2.75, 3.05) is 12.8 Å². The maximum atomic E-state index is 11.7. The Kier molecular flexibility index (Phi) is 5.52. The molecule has 0 aliphatic carbocycles. The molecule has 0 aliphatic heterocycles. The number of benzene rings is 1. The summed E-state index contributed by atoms with van der Waals surface area (Å²) in [6, 6.07) is 6.14. The van der Waals surface area contributed by atoms with Gasteiger partial charge in [-0.1, -0.05) is 12.1 Å². The van der Waals surface area contributed by atoms with E-state index in [0.717, 1.165) is 0 Å². The normalized spacial score (nSPS) is 11.3. The third kappa shape index (κ3) is 4.97. The summed E-state index contributed by atoms with van der Waals surface area (Å²) in [5, 5.41) is 4.25. The van der Waals surface area contributed by atoms with E-state index in [0.29, 0.717) is 11.3 Å². The number of anilines is 1. The van der Waals surface area contributed by atoms with Gasteiger partial charge in [-0.05, 0) is 24.6 Å². The van der Waals surface area contributed by atoms with E-state index in [1.807, 2.05) is 5.32 Å². The second kappa shape index (κ2) is 7.13. The molecule has 7 heteroatoms. The van der Waals surface area contributed by atoms with Gasteiger partial charge in [0.2, 0.25) is 0 Å². The lowest BCUT2D eigenvalue weighted by Crippen LogP contribution is -2.43. The third-order valence-electron chi connectivity index (χ3n) is 2.44. The van der Waals surface area contributed by atoms with Crippen LogP contribution in [0.4, 0.5) is 10.5 Å². The maximum absolute atomic E-state index is 11.7. The number of nitrogens with one attached hydrogen (secondary N) is 2. The number of amides is 3. The van der Waals surface area contributed by atoms with Crippen molar-refractivity contribution in [1.29, 1.82) is 0 Å². The lowest BCUT2D eigenvalue weighted by molar-refractivity contribution is -0.153. The number of rotatable bonds is 4. The summed E-state index contributed by atoms with van der Waals surface area (Å²) in [6.45, 7) is 1.38. The van der Waals surface area contributed by atoms with E-state index in [-0.39, 0.29) is 6.42 Å². The van der Waals surface area contributed by atoms with Crippen LogP contribution >= 0.6 is 0 Å². The highest BCUT2D eigenvalue weighted by atomic mass is 16.5. The van der Waals surface area contributed by atoms with Gasteiger partial charge >= 0.3 is 12.0 Å². The molecule has 0 saturated heterocycles. The predicted octanol–water partition coefficient (Wildman–Crippen LogP) is 0.199. The fraction of sp³-hybridized carbons (Fsp3) is 0.308. The second-order valence-electron chi connectivity index (χ2n) is 4.12. The number of carbonyl (C=O) groups is 3. The fourth-order valence-corrected chi connectivity index (χ4v) is 1.44. The van der Waals surface area contributed by atoms with Crippen LogP contribution in [-0.2, 0) is 20.7 Å². The standard InChI is InChI=1S/C13H17N3O4/c1-8(12(18)16-13(19)15-2)20-11(17)7-9-4-3-5-10(14)6-9/h3-6,8H,7,14H2,1-2H3,(H2,15,16,18,19). The Morgan fingerprint density at radius 2 is 2.05 bits per heavy atom. The van der Waals surface area contributed by atoms with Gasteiger partial charge < -0.3 is 15.8 Å². The molecule has 0 fully saturated rings. The molecule has 7 nitrogen and oxygen atoms in total. The molecule has 0 aliphatic rings. The maximum Gasteiger partial charge on any atom is 0.321 e. The number of hydrogen-bond donors (Lipinski definition) is 3. The summed E-state index contributed by atoms with van der Waals surface area (Å²) in [6.07, 6.45) is -1.05. The quantitative estimate of drug-likeness (QED) is 0.538. The van der Waals surface area contributed by atoms with E-state index < -0.39 is 24.0 Å². The topological polar surface area (TPSA) is 111 Å². The van der Waals surface area contributed by atoms with Crippen molar-refractivity contribution in [3.05, 3.63) is 29.8 Å². The molecule has 3 amide bonds. The smallest absolute Gasteiger partial charge is 0.321 e. The molecule has 0 saturated carbocycles. The van der Waals surface area contributed by atoms with Gasteiger partial charge in [0.1, 0.15) is 0 Å². The highest BCUT2D eigenvalue weighted by Crippen LogP contribution is 2.08. The number of imide groups is 1. The van der Waals surface area contributed by atoms with Crippen LogP contribution in [0, 0.1) is 0 Å². The Morgan fingerprint density at radius 1 is 1.35 bits per heavy atom. The van der Waals surface area contributed by atoms with E-state index in [1.54, 1.807) is 24.3 Å². The number of nitrogens with two attached hydrogens (primary N) is 1. The Morgan fingerprint density at radius 3 is 2.65 bits per heavy atom. The SMILES string of the molecule is CNC(=O)NC(=O)C(C)OC(=O)Cc1cccc(N)c1. The molecule has 108 valence electrons. The highest BCUT2D eigenvalue weighted by molar-refractivity contribution is 5.97. The van der Waals surface area contributed by atoms with Crippen LogP contribution in [0.5, 0.6) is 0 Å². The molecule has 0 heterocycles. The van der Waals surface area contributed by atoms with Crippen molar-refractivity contribution in [2.24, 2.45) is 0 Å². The lowest BCUT2D eigenvalue weighted by Gasteiger charge is -2.12. The molecule has 20 heavy (non-hydrogen) atoms. The summed E-state index contributed by atoms with van der Waals surface area (Å²) in [5.74, 6) is -1.26. The van der Waals surface area contributed by atoms with Gasteiger partial charge in [0, 0.05) is 12.7 Å². The first-order chi connectivity index (χ1) is 9.42. The Balaban J connectivity index is 2.49. The van der Waals surface area contributed by atoms with E-state index in [2.05, 4.69) is 5.32 Å². The summed E-state index contributed by atoms with van der Waals surface area (Å²) < 4.78 is 4.93. The van der Waals surface area contributed by atoms with Gasteiger partial charge in [-0.2, -0.15) is 0 Å². The molecule has 0 spiro atoms. The predicted molar refractivity (Wildman–Crippen MR) is 72.7 cm³/mol. The van der Waals surface area contributed by atoms with Gasteiger partial charge in [0.15, 0.2) is 6.10 Å². The highest BCUT2D eigenvalue weighted by Gasteiger charge is 2.19. The molecule has 0 bridgehead atoms. The minimum absolute atomic E-state index is 0.00261. The van der Waals surface area contributed by atoms with Gasteiger partial charge in [0.05, 0.1) is 6.42 Å². The summed E-state index contributed by atoms with van der Waals surface area (Å²) >= 11 is 0. The largest absolute Gasteiger partial charge is 0.452 e. The summed E-state index contributed by atoms with van der Waals surface area (Å²) in [4.78, 5) is 34.1. The zero-order chi connectivity index (χ0) is 15.1. The first-order valence-corrected chi connectivity index (χ1v) is 5.99. The van der Waals surface area contributed by atoms with Crippen LogP contribution in [0.1, 0.15) is 12.5 Å². The van der Waals surface area contributed by atoms with Gasteiger partial charge in [0.25, 0.3) is 5.91 Å². The molecular weight excluding hydrogens is 262 g/mol. The van der Waals surface area contributed by atoms with Crippen LogP contribution in [0.25, 0.3) is 0 Å².